The molecular weight excluding hydrogens is 297 g/mol. The highest BCUT2D eigenvalue weighted by Gasteiger charge is 2.21. The summed E-state index contributed by atoms with van der Waals surface area (Å²) in [5.41, 5.74) is 0.866. The molecule has 1 heterocycles. The maximum Gasteiger partial charge on any atom is 0.271 e. The summed E-state index contributed by atoms with van der Waals surface area (Å²) in [7, 11) is 0. The van der Waals surface area contributed by atoms with E-state index in [-0.39, 0.29) is 17.8 Å². The van der Waals surface area contributed by atoms with Gasteiger partial charge in [0.25, 0.3) is 5.91 Å². The van der Waals surface area contributed by atoms with Crippen molar-refractivity contribution in [2.75, 3.05) is 6.54 Å². The van der Waals surface area contributed by atoms with E-state index in [0.29, 0.717) is 23.8 Å². The molecule has 6 heteroatoms. The molecule has 5 nitrogen and oxygen atoms in total. The third-order valence-electron chi connectivity index (χ3n) is 4.20. The van der Waals surface area contributed by atoms with Gasteiger partial charge in [-0.15, -0.1) is 0 Å². The van der Waals surface area contributed by atoms with Crippen LogP contribution in [0.1, 0.15) is 36.2 Å². The van der Waals surface area contributed by atoms with Crippen molar-refractivity contribution in [1.29, 1.82) is 0 Å². The Morgan fingerprint density at radius 3 is 3.04 bits per heavy atom. The van der Waals surface area contributed by atoms with Crippen LogP contribution in [0, 0.1) is 11.7 Å². The number of carbonyl (C=O) groups excluding carboxylic acids is 1. The van der Waals surface area contributed by atoms with Crippen LogP contribution in [0.3, 0.4) is 0 Å². The highest BCUT2D eigenvalue weighted by Crippen LogP contribution is 2.23. The zero-order chi connectivity index (χ0) is 16.2. The molecule has 23 heavy (non-hydrogen) atoms. The van der Waals surface area contributed by atoms with Crippen molar-refractivity contribution in [2.24, 2.45) is 5.92 Å². The van der Waals surface area contributed by atoms with Gasteiger partial charge in [0.1, 0.15) is 5.82 Å². The van der Waals surface area contributed by atoms with E-state index < -0.39 is 0 Å². The lowest BCUT2D eigenvalue weighted by molar-refractivity contribution is 0.0870. The molecule has 2 aromatic rings. The second-order valence-electron chi connectivity index (χ2n) is 6.02. The van der Waals surface area contributed by atoms with Crippen LogP contribution in [0.25, 0.3) is 5.69 Å². The standard InChI is InChI=1S/C17H20FN3O2/c18-13-4-2-5-14(10-13)21-8-7-16(20-21)17(23)19-11-12-3-1-6-15(22)9-12/h2,4-5,7-8,10,12,15,22H,1,3,6,9,11H2,(H,19,23). The van der Waals surface area contributed by atoms with Crippen molar-refractivity contribution >= 4 is 5.91 Å². The predicted molar refractivity (Wildman–Crippen MR) is 83.8 cm³/mol. The molecule has 122 valence electrons. The van der Waals surface area contributed by atoms with E-state index in [2.05, 4.69) is 10.4 Å². The summed E-state index contributed by atoms with van der Waals surface area (Å²) in [6.07, 6.45) is 4.98. The number of aliphatic hydroxyl groups excluding tert-OH is 1. The second-order valence-corrected chi connectivity index (χ2v) is 6.02. The lowest BCUT2D eigenvalue weighted by Gasteiger charge is -2.25. The minimum Gasteiger partial charge on any atom is -0.393 e. The van der Waals surface area contributed by atoms with Crippen molar-refractivity contribution < 1.29 is 14.3 Å². The lowest BCUT2D eigenvalue weighted by atomic mass is 9.87. The number of nitrogens with zero attached hydrogens (tertiary/aromatic N) is 2. The van der Waals surface area contributed by atoms with Gasteiger partial charge in [-0.05, 0) is 49.4 Å². The fraction of sp³-hybridized carbons (Fsp3) is 0.412. The first kappa shape index (κ1) is 15.7. The molecule has 1 aliphatic rings. The molecule has 0 spiro atoms. The predicted octanol–water partition coefficient (Wildman–Crippen LogP) is 2.29. The van der Waals surface area contributed by atoms with Crippen LogP contribution in [-0.2, 0) is 0 Å². The number of benzene rings is 1. The Morgan fingerprint density at radius 2 is 2.26 bits per heavy atom. The largest absolute Gasteiger partial charge is 0.393 e. The maximum atomic E-state index is 13.2. The van der Waals surface area contributed by atoms with Gasteiger partial charge >= 0.3 is 0 Å². The molecule has 2 unspecified atom stereocenters. The Balaban J connectivity index is 1.60. The monoisotopic (exact) mass is 317 g/mol. The minimum absolute atomic E-state index is 0.250. The van der Waals surface area contributed by atoms with Gasteiger partial charge in [-0.3, -0.25) is 4.79 Å². The highest BCUT2D eigenvalue weighted by atomic mass is 19.1. The molecule has 1 aromatic heterocycles. The molecule has 2 N–H and O–H groups in total. The molecule has 1 saturated carbocycles. The van der Waals surface area contributed by atoms with Crippen LogP contribution in [0.5, 0.6) is 0 Å². The molecule has 0 saturated heterocycles. The van der Waals surface area contributed by atoms with Gasteiger partial charge in [-0.2, -0.15) is 5.10 Å². The molecule has 1 aromatic carbocycles. The van der Waals surface area contributed by atoms with Gasteiger partial charge in [-0.25, -0.2) is 9.07 Å². The Bertz CT molecular complexity index is 686. The molecule has 1 aliphatic carbocycles. The van der Waals surface area contributed by atoms with Crippen LogP contribution >= 0.6 is 0 Å². The number of hydrogen-bond acceptors (Lipinski definition) is 3. The van der Waals surface area contributed by atoms with E-state index in [1.165, 1.54) is 16.8 Å². The van der Waals surface area contributed by atoms with Crippen LogP contribution in [0.15, 0.2) is 36.5 Å². The summed E-state index contributed by atoms with van der Waals surface area (Å²) in [6.45, 7) is 0.544. The van der Waals surface area contributed by atoms with Crippen LogP contribution < -0.4 is 5.32 Å². The van der Waals surface area contributed by atoms with Gasteiger partial charge < -0.3 is 10.4 Å². The average molecular weight is 317 g/mol. The summed E-state index contributed by atoms with van der Waals surface area (Å²) >= 11 is 0. The second kappa shape index (κ2) is 6.91. The summed E-state index contributed by atoms with van der Waals surface area (Å²) in [6, 6.07) is 7.65. The zero-order valence-corrected chi connectivity index (χ0v) is 12.8. The van der Waals surface area contributed by atoms with E-state index in [1.54, 1.807) is 24.4 Å². The zero-order valence-electron chi connectivity index (χ0n) is 12.8. The Hall–Kier alpha value is -2.21. The number of amides is 1. The summed E-state index contributed by atoms with van der Waals surface area (Å²) in [5, 5.41) is 16.7. The first-order valence-electron chi connectivity index (χ1n) is 7.89. The van der Waals surface area contributed by atoms with E-state index in [9.17, 15) is 14.3 Å². The summed E-state index contributed by atoms with van der Waals surface area (Å²) in [4.78, 5) is 12.2. The number of rotatable bonds is 4. The maximum absolute atomic E-state index is 13.2. The molecule has 3 rings (SSSR count). The van der Waals surface area contributed by atoms with E-state index in [1.807, 2.05) is 0 Å². The fourth-order valence-electron chi connectivity index (χ4n) is 2.98. The fourth-order valence-corrected chi connectivity index (χ4v) is 2.98. The smallest absolute Gasteiger partial charge is 0.271 e. The number of hydrogen-bond donors (Lipinski definition) is 2. The first-order valence-corrected chi connectivity index (χ1v) is 7.89. The first-order chi connectivity index (χ1) is 11.1. The van der Waals surface area contributed by atoms with Gasteiger partial charge in [0.15, 0.2) is 5.69 Å². The minimum atomic E-state index is -0.347. The molecule has 0 radical (unpaired) electrons. The molecule has 0 bridgehead atoms. The summed E-state index contributed by atoms with van der Waals surface area (Å²) < 4.78 is 14.7. The van der Waals surface area contributed by atoms with E-state index >= 15 is 0 Å². The van der Waals surface area contributed by atoms with Gasteiger partial charge in [-0.1, -0.05) is 12.5 Å². The third kappa shape index (κ3) is 3.96. The molecule has 2 atom stereocenters. The van der Waals surface area contributed by atoms with Gasteiger partial charge in [0.05, 0.1) is 11.8 Å². The SMILES string of the molecule is O=C(NCC1CCCC(O)C1)c1ccn(-c2cccc(F)c2)n1. The highest BCUT2D eigenvalue weighted by molar-refractivity contribution is 5.92. The Morgan fingerprint density at radius 1 is 1.39 bits per heavy atom. The van der Waals surface area contributed by atoms with E-state index in [4.69, 9.17) is 0 Å². The van der Waals surface area contributed by atoms with Crippen molar-refractivity contribution in [3.05, 3.63) is 48.0 Å². The van der Waals surface area contributed by atoms with Crippen LogP contribution in [-0.4, -0.2) is 33.4 Å². The van der Waals surface area contributed by atoms with Crippen molar-refractivity contribution in [2.45, 2.75) is 31.8 Å². The molecule has 0 aliphatic heterocycles. The molecule has 1 fully saturated rings. The number of nitrogens with one attached hydrogen (secondary N) is 1. The van der Waals surface area contributed by atoms with Crippen molar-refractivity contribution in [3.63, 3.8) is 0 Å². The Labute approximate surface area is 134 Å². The van der Waals surface area contributed by atoms with Gasteiger partial charge in [0.2, 0.25) is 0 Å². The average Bonchev–Trinajstić information content (AvgIpc) is 3.03. The lowest BCUT2D eigenvalue weighted by Crippen LogP contribution is -2.33. The molecule has 1 amide bonds. The normalized spacial score (nSPS) is 21.1. The van der Waals surface area contributed by atoms with Gasteiger partial charge in [0, 0.05) is 12.7 Å². The number of halogens is 1. The van der Waals surface area contributed by atoms with E-state index in [0.717, 1.165) is 25.7 Å². The number of aromatic nitrogens is 2. The molecular formula is C17H20FN3O2. The Kier molecular flexibility index (Phi) is 4.71. The van der Waals surface area contributed by atoms with Crippen molar-refractivity contribution in [1.82, 2.24) is 15.1 Å². The number of aliphatic hydroxyl groups is 1. The number of carbonyl (C=O) groups is 1. The van der Waals surface area contributed by atoms with Crippen LogP contribution in [0.2, 0.25) is 0 Å². The quantitative estimate of drug-likeness (QED) is 0.909. The van der Waals surface area contributed by atoms with Crippen LogP contribution in [0.4, 0.5) is 4.39 Å². The third-order valence-corrected chi connectivity index (χ3v) is 4.20. The van der Waals surface area contributed by atoms with Crippen molar-refractivity contribution in [3.8, 4) is 5.69 Å². The topological polar surface area (TPSA) is 67.2 Å². The summed E-state index contributed by atoms with van der Waals surface area (Å²) in [5.74, 6) is -0.284.